The molecule has 0 atom stereocenters. The molecule has 0 amide bonds. The SMILES string of the molecule is COC(=O)Cn1cc(-c2cccc3nc(Nc4ccc(OCCN5CCCC5)cc4)cn23)cn1. The molecule has 1 aliphatic heterocycles. The first-order valence-corrected chi connectivity index (χ1v) is 11.5. The van der Waals surface area contributed by atoms with Crippen molar-refractivity contribution >= 4 is 23.1 Å². The summed E-state index contributed by atoms with van der Waals surface area (Å²) in [7, 11) is 1.36. The summed E-state index contributed by atoms with van der Waals surface area (Å²) in [6, 6.07) is 13.8. The van der Waals surface area contributed by atoms with Gasteiger partial charge in [0.2, 0.25) is 0 Å². The van der Waals surface area contributed by atoms with Crippen molar-refractivity contribution < 1.29 is 14.3 Å². The molecule has 1 aliphatic rings. The van der Waals surface area contributed by atoms with Gasteiger partial charge in [-0.2, -0.15) is 5.10 Å². The second-order valence-electron chi connectivity index (χ2n) is 8.31. The van der Waals surface area contributed by atoms with Crippen LogP contribution in [0.3, 0.4) is 0 Å². The predicted octanol–water partition coefficient (Wildman–Crippen LogP) is 3.59. The predicted molar refractivity (Wildman–Crippen MR) is 129 cm³/mol. The van der Waals surface area contributed by atoms with Crippen LogP contribution < -0.4 is 10.1 Å². The second-order valence-corrected chi connectivity index (χ2v) is 8.31. The molecular formula is C25H28N6O3. The highest BCUT2D eigenvalue weighted by molar-refractivity contribution is 5.70. The lowest BCUT2D eigenvalue weighted by molar-refractivity contribution is -0.141. The molecule has 4 heterocycles. The number of hydrogen-bond donors (Lipinski definition) is 1. The van der Waals surface area contributed by atoms with E-state index in [1.165, 1.54) is 33.0 Å². The molecule has 1 aromatic carbocycles. The summed E-state index contributed by atoms with van der Waals surface area (Å²) in [5.74, 6) is 1.26. The number of methoxy groups -OCH3 is 1. The fraction of sp³-hybridized carbons (Fsp3) is 0.320. The molecule has 3 aromatic heterocycles. The van der Waals surface area contributed by atoms with E-state index in [0.29, 0.717) is 6.61 Å². The summed E-state index contributed by atoms with van der Waals surface area (Å²) in [4.78, 5) is 18.7. The highest BCUT2D eigenvalue weighted by atomic mass is 16.5. The summed E-state index contributed by atoms with van der Waals surface area (Å²) in [5.41, 5.74) is 3.55. The summed E-state index contributed by atoms with van der Waals surface area (Å²) >= 11 is 0. The van der Waals surface area contributed by atoms with Crippen molar-refractivity contribution in [3.63, 3.8) is 0 Å². The van der Waals surface area contributed by atoms with Gasteiger partial charge in [-0.1, -0.05) is 6.07 Å². The molecule has 4 aromatic rings. The van der Waals surface area contributed by atoms with Gasteiger partial charge in [0.25, 0.3) is 0 Å². The smallest absolute Gasteiger partial charge is 0.327 e. The number of nitrogens with one attached hydrogen (secondary N) is 1. The fourth-order valence-electron chi connectivity index (χ4n) is 4.17. The van der Waals surface area contributed by atoms with E-state index in [0.717, 1.165) is 40.7 Å². The first-order chi connectivity index (χ1) is 16.7. The zero-order valence-corrected chi connectivity index (χ0v) is 19.2. The van der Waals surface area contributed by atoms with Crippen LogP contribution in [0.1, 0.15) is 12.8 Å². The van der Waals surface area contributed by atoms with Gasteiger partial charge in [0.1, 0.15) is 30.4 Å². The summed E-state index contributed by atoms with van der Waals surface area (Å²) in [6.45, 7) is 4.12. The van der Waals surface area contributed by atoms with Crippen LogP contribution in [-0.2, 0) is 16.1 Å². The Hall–Kier alpha value is -3.85. The van der Waals surface area contributed by atoms with E-state index < -0.39 is 0 Å². The van der Waals surface area contributed by atoms with E-state index >= 15 is 0 Å². The van der Waals surface area contributed by atoms with Gasteiger partial charge in [0.05, 0.1) is 25.2 Å². The lowest BCUT2D eigenvalue weighted by atomic mass is 10.2. The molecule has 9 heteroatoms. The third kappa shape index (κ3) is 5.04. The number of hydrogen-bond acceptors (Lipinski definition) is 7. The minimum atomic E-state index is -0.343. The summed E-state index contributed by atoms with van der Waals surface area (Å²) in [5, 5.41) is 7.63. The second kappa shape index (κ2) is 9.96. The quantitative estimate of drug-likeness (QED) is 0.382. The molecule has 1 N–H and O–H groups in total. The van der Waals surface area contributed by atoms with Crippen LogP contribution in [0.2, 0.25) is 0 Å². The Labute approximate surface area is 197 Å². The van der Waals surface area contributed by atoms with E-state index in [1.54, 1.807) is 10.9 Å². The van der Waals surface area contributed by atoms with Crippen molar-refractivity contribution in [3.8, 4) is 17.0 Å². The Morgan fingerprint density at radius 2 is 1.91 bits per heavy atom. The lowest BCUT2D eigenvalue weighted by Crippen LogP contribution is -2.25. The minimum absolute atomic E-state index is 0.0706. The van der Waals surface area contributed by atoms with Crippen molar-refractivity contribution in [1.82, 2.24) is 24.1 Å². The van der Waals surface area contributed by atoms with E-state index in [-0.39, 0.29) is 12.5 Å². The van der Waals surface area contributed by atoms with Gasteiger partial charge in [0, 0.05) is 24.0 Å². The number of aromatic nitrogens is 4. The molecule has 0 radical (unpaired) electrons. The highest BCUT2D eigenvalue weighted by Crippen LogP contribution is 2.25. The van der Waals surface area contributed by atoms with Crippen LogP contribution in [-0.4, -0.2) is 63.4 Å². The highest BCUT2D eigenvalue weighted by Gasteiger charge is 2.12. The third-order valence-electron chi connectivity index (χ3n) is 5.94. The third-order valence-corrected chi connectivity index (χ3v) is 5.94. The maximum Gasteiger partial charge on any atom is 0.327 e. The Kier molecular flexibility index (Phi) is 6.44. The molecule has 0 spiro atoms. The van der Waals surface area contributed by atoms with Gasteiger partial charge in [-0.3, -0.25) is 18.8 Å². The monoisotopic (exact) mass is 460 g/mol. The number of esters is 1. The lowest BCUT2D eigenvalue weighted by Gasteiger charge is -2.15. The zero-order valence-electron chi connectivity index (χ0n) is 19.2. The molecule has 0 bridgehead atoms. The van der Waals surface area contributed by atoms with Crippen molar-refractivity contribution in [3.05, 3.63) is 61.1 Å². The van der Waals surface area contributed by atoms with Gasteiger partial charge in [-0.25, -0.2) is 4.98 Å². The van der Waals surface area contributed by atoms with Crippen molar-refractivity contribution in [2.45, 2.75) is 19.4 Å². The number of imidazole rings is 1. The Bertz CT molecular complexity index is 1260. The maximum atomic E-state index is 11.5. The van der Waals surface area contributed by atoms with E-state index in [2.05, 4.69) is 15.3 Å². The van der Waals surface area contributed by atoms with Crippen LogP contribution in [0.5, 0.6) is 5.75 Å². The number of pyridine rings is 1. The number of nitrogens with zero attached hydrogens (tertiary/aromatic N) is 5. The normalized spacial score (nSPS) is 13.9. The summed E-state index contributed by atoms with van der Waals surface area (Å²) in [6.07, 6.45) is 8.09. The van der Waals surface area contributed by atoms with Crippen LogP contribution in [0.25, 0.3) is 16.9 Å². The molecule has 0 aliphatic carbocycles. The van der Waals surface area contributed by atoms with E-state index in [4.69, 9.17) is 14.5 Å². The van der Waals surface area contributed by atoms with Crippen molar-refractivity contribution in [1.29, 1.82) is 0 Å². The first kappa shape index (κ1) is 22.0. The number of ether oxygens (including phenoxy) is 2. The number of benzene rings is 1. The Balaban J connectivity index is 1.25. The van der Waals surface area contributed by atoms with E-state index in [9.17, 15) is 4.79 Å². The molecule has 1 fully saturated rings. The molecule has 0 saturated carbocycles. The topological polar surface area (TPSA) is 85.9 Å². The van der Waals surface area contributed by atoms with Crippen LogP contribution in [0.15, 0.2) is 61.1 Å². The molecule has 5 rings (SSSR count). The van der Waals surface area contributed by atoms with Gasteiger partial charge in [0.15, 0.2) is 0 Å². The van der Waals surface area contributed by atoms with E-state index in [1.807, 2.05) is 59.3 Å². The number of fused-ring (bicyclic) bond motifs is 1. The van der Waals surface area contributed by atoms with Gasteiger partial charge in [-0.15, -0.1) is 0 Å². The largest absolute Gasteiger partial charge is 0.492 e. The first-order valence-electron chi connectivity index (χ1n) is 11.5. The summed E-state index contributed by atoms with van der Waals surface area (Å²) < 4.78 is 14.2. The van der Waals surface area contributed by atoms with Crippen LogP contribution in [0, 0.1) is 0 Å². The van der Waals surface area contributed by atoms with Gasteiger partial charge in [-0.05, 0) is 62.3 Å². The number of rotatable bonds is 9. The molecule has 0 unspecified atom stereocenters. The average molecular weight is 461 g/mol. The maximum absolute atomic E-state index is 11.5. The Morgan fingerprint density at radius 3 is 2.71 bits per heavy atom. The molecule has 9 nitrogen and oxygen atoms in total. The number of anilines is 2. The molecule has 1 saturated heterocycles. The standard InChI is InChI=1S/C25H28N6O3/c1-33-25(32)18-30-16-19(15-26-30)22-5-4-6-24-28-23(17-31(22)24)27-20-7-9-21(10-8-20)34-14-13-29-11-2-3-12-29/h4-10,15-17,27H,2-3,11-14,18H2,1H3. The van der Waals surface area contributed by atoms with Gasteiger partial charge < -0.3 is 14.8 Å². The van der Waals surface area contributed by atoms with Crippen molar-refractivity contribution in [2.24, 2.45) is 0 Å². The number of carbonyl (C=O) groups excluding carboxylic acids is 1. The molecule has 34 heavy (non-hydrogen) atoms. The number of likely N-dealkylation sites (tertiary alicyclic amines) is 1. The molecule has 176 valence electrons. The fourth-order valence-corrected chi connectivity index (χ4v) is 4.17. The molecular weight excluding hydrogens is 432 g/mol. The minimum Gasteiger partial charge on any atom is -0.492 e. The average Bonchev–Trinajstić information content (AvgIpc) is 3.61. The zero-order chi connectivity index (χ0) is 23.3. The van der Waals surface area contributed by atoms with Crippen LogP contribution >= 0.6 is 0 Å². The Morgan fingerprint density at radius 1 is 1.09 bits per heavy atom. The van der Waals surface area contributed by atoms with Gasteiger partial charge >= 0.3 is 5.97 Å². The van der Waals surface area contributed by atoms with Crippen LogP contribution in [0.4, 0.5) is 11.5 Å². The number of carbonyl (C=O) groups is 1. The van der Waals surface area contributed by atoms with Crippen molar-refractivity contribution in [2.75, 3.05) is 38.7 Å².